The lowest BCUT2D eigenvalue weighted by Crippen LogP contribution is -2.14. The minimum Gasteiger partial charge on any atom is -0.324 e. The first-order valence-corrected chi connectivity index (χ1v) is 7.86. The summed E-state index contributed by atoms with van der Waals surface area (Å²) < 4.78 is 27.0. The number of rotatable bonds is 4. The molecule has 5 nitrogen and oxygen atoms in total. The van der Waals surface area contributed by atoms with E-state index >= 15 is 0 Å². The topological polar surface area (TPSA) is 66.9 Å². The van der Waals surface area contributed by atoms with Crippen LogP contribution in [0.2, 0.25) is 0 Å². The van der Waals surface area contributed by atoms with E-state index in [1.807, 2.05) is 19.9 Å². The van der Waals surface area contributed by atoms with E-state index in [0.717, 1.165) is 29.6 Å². The van der Waals surface area contributed by atoms with Gasteiger partial charge in [-0.1, -0.05) is 6.07 Å². The van der Waals surface area contributed by atoms with Crippen molar-refractivity contribution in [3.05, 3.63) is 77.1 Å². The second-order valence-corrected chi connectivity index (χ2v) is 5.76. The molecule has 2 N–H and O–H groups in total. The number of aromatic nitrogens is 2. The minimum atomic E-state index is -0.790. The minimum absolute atomic E-state index is 0.360. The summed E-state index contributed by atoms with van der Waals surface area (Å²) in [5.41, 5.74) is 2.36. The summed E-state index contributed by atoms with van der Waals surface area (Å²) in [5, 5.41) is 5.60. The molecule has 1 heterocycles. The highest BCUT2D eigenvalue weighted by Crippen LogP contribution is 2.20. The molecule has 0 spiro atoms. The van der Waals surface area contributed by atoms with Crippen molar-refractivity contribution >= 4 is 23.2 Å². The Morgan fingerprint density at radius 3 is 2.35 bits per heavy atom. The number of aryl methyl sites for hydroxylation is 2. The van der Waals surface area contributed by atoms with Crippen LogP contribution in [0.25, 0.3) is 0 Å². The van der Waals surface area contributed by atoms with Crippen molar-refractivity contribution in [1.29, 1.82) is 0 Å². The Balaban J connectivity index is 1.79. The Morgan fingerprint density at radius 2 is 1.62 bits per heavy atom. The number of carbonyl (C=O) groups is 1. The van der Waals surface area contributed by atoms with Crippen LogP contribution in [-0.4, -0.2) is 15.9 Å². The molecule has 0 aliphatic heterocycles. The predicted molar refractivity (Wildman–Crippen MR) is 95.5 cm³/mol. The number of nitrogens with one attached hydrogen (secondary N) is 2. The van der Waals surface area contributed by atoms with Crippen molar-refractivity contribution in [2.45, 2.75) is 13.8 Å². The number of nitrogens with zero attached hydrogens (tertiary/aromatic N) is 2. The Labute approximate surface area is 149 Å². The van der Waals surface area contributed by atoms with Gasteiger partial charge in [0.15, 0.2) is 0 Å². The highest BCUT2D eigenvalue weighted by atomic mass is 19.1. The number of halogens is 2. The fourth-order valence-corrected chi connectivity index (χ4v) is 2.46. The van der Waals surface area contributed by atoms with Gasteiger partial charge in [-0.3, -0.25) is 4.79 Å². The number of benzene rings is 2. The van der Waals surface area contributed by atoms with Gasteiger partial charge in [0.2, 0.25) is 5.95 Å². The number of hydrogen-bond acceptors (Lipinski definition) is 4. The SMILES string of the molecule is Cc1cc(C)nc(Nc2cccc(NC(=O)c3cc(F)ccc3F)c2)n1. The van der Waals surface area contributed by atoms with Gasteiger partial charge in [-0.05, 0) is 56.3 Å². The van der Waals surface area contributed by atoms with E-state index in [4.69, 9.17) is 0 Å². The summed E-state index contributed by atoms with van der Waals surface area (Å²) in [6.45, 7) is 3.73. The average molecular weight is 354 g/mol. The van der Waals surface area contributed by atoms with E-state index in [1.54, 1.807) is 24.3 Å². The van der Waals surface area contributed by atoms with Crippen LogP contribution in [0.4, 0.5) is 26.1 Å². The van der Waals surface area contributed by atoms with Gasteiger partial charge in [0, 0.05) is 22.8 Å². The quantitative estimate of drug-likeness (QED) is 0.730. The molecule has 0 atom stereocenters. The summed E-state index contributed by atoms with van der Waals surface area (Å²) in [7, 11) is 0. The highest BCUT2D eigenvalue weighted by molar-refractivity contribution is 6.04. The first-order chi connectivity index (χ1) is 12.4. The van der Waals surface area contributed by atoms with Crippen LogP contribution in [0.3, 0.4) is 0 Å². The molecule has 2 aromatic carbocycles. The Kier molecular flexibility index (Phi) is 4.88. The molecule has 0 saturated carbocycles. The third kappa shape index (κ3) is 4.18. The second kappa shape index (κ2) is 7.26. The Morgan fingerprint density at radius 1 is 0.923 bits per heavy atom. The monoisotopic (exact) mass is 354 g/mol. The number of amides is 1. The molecular weight excluding hydrogens is 338 g/mol. The molecule has 0 radical (unpaired) electrons. The highest BCUT2D eigenvalue weighted by Gasteiger charge is 2.13. The molecule has 1 amide bonds. The molecule has 1 aromatic heterocycles. The predicted octanol–water partition coefficient (Wildman–Crippen LogP) is 4.37. The van der Waals surface area contributed by atoms with Crippen LogP contribution < -0.4 is 10.6 Å². The lowest BCUT2D eigenvalue weighted by atomic mass is 10.2. The number of hydrogen-bond donors (Lipinski definition) is 2. The summed E-state index contributed by atoms with van der Waals surface area (Å²) in [6.07, 6.45) is 0. The van der Waals surface area contributed by atoms with Crippen molar-refractivity contribution in [2.75, 3.05) is 10.6 Å². The van der Waals surface area contributed by atoms with Crippen LogP contribution in [0.1, 0.15) is 21.7 Å². The molecule has 0 fully saturated rings. The normalized spacial score (nSPS) is 10.5. The van der Waals surface area contributed by atoms with Gasteiger partial charge >= 0.3 is 0 Å². The Bertz CT molecular complexity index is 955. The zero-order valence-corrected chi connectivity index (χ0v) is 14.2. The molecule has 0 aliphatic carbocycles. The Hall–Kier alpha value is -3.35. The van der Waals surface area contributed by atoms with Gasteiger partial charge in [0.05, 0.1) is 5.56 Å². The first kappa shape index (κ1) is 17.5. The smallest absolute Gasteiger partial charge is 0.258 e. The second-order valence-electron chi connectivity index (χ2n) is 5.76. The summed E-state index contributed by atoms with van der Waals surface area (Å²) in [5.74, 6) is -1.77. The standard InChI is InChI=1S/C19H16F2N4O/c1-11-8-12(2)23-19(22-11)25-15-5-3-4-14(10-15)24-18(26)16-9-13(20)6-7-17(16)21/h3-10H,1-2H3,(H,24,26)(H,22,23,25). The largest absolute Gasteiger partial charge is 0.324 e. The van der Waals surface area contributed by atoms with Gasteiger partial charge in [-0.25, -0.2) is 18.7 Å². The van der Waals surface area contributed by atoms with Gasteiger partial charge in [-0.2, -0.15) is 0 Å². The van der Waals surface area contributed by atoms with Gasteiger partial charge < -0.3 is 10.6 Å². The first-order valence-electron chi connectivity index (χ1n) is 7.86. The van der Waals surface area contributed by atoms with Gasteiger partial charge in [0.1, 0.15) is 11.6 Å². The zero-order valence-electron chi connectivity index (χ0n) is 14.2. The van der Waals surface area contributed by atoms with Crippen LogP contribution in [-0.2, 0) is 0 Å². The molecule has 0 unspecified atom stereocenters. The van der Waals surface area contributed by atoms with E-state index in [-0.39, 0.29) is 5.56 Å². The van der Waals surface area contributed by atoms with Crippen molar-refractivity contribution in [3.63, 3.8) is 0 Å². The summed E-state index contributed by atoms with van der Waals surface area (Å²) in [6, 6.07) is 11.4. The lowest BCUT2D eigenvalue weighted by Gasteiger charge is -2.10. The third-order valence-electron chi connectivity index (χ3n) is 3.53. The molecule has 0 bridgehead atoms. The number of anilines is 3. The molecule has 0 aliphatic rings. The fourth-order valence-electron chi connectivity index (χ4n) is 2.46. The molecule has 132 valence electrons. The van der Waals surface area contributed by atoms with Crippen molar-refractivity contribution in [1.82, 2.24) is 9.97 Å². The molecule has 3 aromatic rings. The van der Waals surface area contributed by atoms with Crippen molar-refractivity contribution < 1.29 is 13.6 Å². The maximum Gasteiger partial charge on any atom is 0.258 e. The summed E-state index contributed by atoms with van der Waals surface area (Å²) in [4.78, 5) is 20.8. The van der Waals surface area contributed by atoms with Crippen molar-refractivity contribution in [3.8, 4) is 0 Å². The molecular formula is C19H16F2N4O. The van der Waals surface area contributed by atoms with Crippen LogP contribution in [0, 0.1) is 25.5 Å². The molecule has 26 heavy (non-hydrogen) atoms. The number of carbonyl (C=O) groups excluding carboxylic acids is 1. The van der Waals surface area contributed by atoms with E-state index in [1.165, 1.54) is 0 Å². The molecule has 7 heteroatoms. The molecule has 3 rings (SSSR count). The van der Waals surface area contributed by atoms with Crippen LogP contribution >= 0.6 is 0 Å². The zero-order chi connectivity index (χ0) is 18.7. The summed E-state index contributed by atoms with van der Waals surface area (Å²) >= 11 is 0. The van der Waals surface area contributed by atoms with Crippen LogP contribution in [0.15, 0.2) is 48.5 Å². The van der Waals surface area contributed by atoms with E-state index in [9.17, 15) is 13.6 Å². The maximum absolute atomic E-state index is 13.7. The fraction of sp³-hybridized carbons (Fsp3) is 0.105. The third-order valence-corrected chi connectivity index (χ3v) is 3.53. The van der Waals surface area contributed by atoms with Crippen LogP contribution in [0.5, 0.6) is 0 Å². The maximum atomic E-state index is 13.7. The van der Waals surface area contributed by atoms with E-state index in [2.05, 4.69) is 20.6 Å². The molecule has 0 saturated heterocycles. The average Bonchev–Trinajstić information content (AvgIpc) is 2.56. The van der Waals surface area contributed by atoms with Gasteiger partial charge in [-0.15, -0.1) is 0 Å². The van der Waals surface area contributed by atoms with E-state index in [0.29, 0.717) is 17.3 Å². The lowest BCUT2D eigenvalue weighted by molar-refractivity contribution is 0.102. The van der Waals surface area contributed by atoms with Crippen molar-refractivity contribution in [2.24, 2.45) is 0 Å². The van der Waals surface area contributed by atoms with Gasteiger partial charge in [0.25, 0.3) is 5.91 Å². The van der Waals surface area contributed by atoms with E-state index < -0.39 is 17.5 Å².